The van der Waals surface area contributed by atoms with E-state index >= 15 is 0 Å². The molecule has 1 aliphatic heterocycles. The van der Waals surface area contributed by atoms with E-state index in [1.165, 1.54) is 23.7 Å². The average Bonchev–Trinajstić information content (AvgIpc) is 3.15. The lowest BCUT2D eigenvalue weighted by atomic mass is 9.84. The van der Waals surface area contributed by atoms with Gasteiger partial charge in [-0.2, -0.15) is 0 Å². The molecule has 29 heavy (non-hydrogen) atoms. The van der Waals surface area contributed by atoms with Crippen LogP contribution in [0, 0.1) is 5.82 Å². The number of hydrogen-bond acceptors (Lipinski definition) is 6. The number of anilines is 2. The summed E-state index contributed by atoms with van der Waals surface area (Å²) in [5.74, 6) is -2.04. The van der Waals surface area contributed by atoms with Crippen molar-refractivity contribution in [2.75, 3.05) is 11.1 Å². The molecule has 4 rings (SSSR count). The monoisotopic (exact) mass is 397 g/mol. The lowest BCUT2D eigenvalue weighted by molar-refractivity contribution is -0.131. The summed E-state index contributed by atoms with van der Waals surface area (Å²) in [7, 11) is 0. The summed E-state index contributed by atoms with van der Waals surface area (Å²) >= 11 is 0. The van der Waals surface area contributed by atoms with Crippen molar-refractivity contribution in [1.29, 1.82) is 0 Å². The predicted octanol–water partition coefficient (Wildman–Crippen LogP) is 0.0981. The van der Waals surface area contributed by atoms with E-state index in [9.17, 15) is 18.8 Å². The van der Waals surface area contributed by atoms with Crippen LogP contribution in [0.4, 0.5) is 16.0 Å². The Bertz CT molecular complexity index is 1230. The Kier molecular flexibility index (Phi) is 3.96. The Balaban J connectivity index is 1.75. The fourth-order valence-electron chi connectivity index (χ4n) is 3.23. The number of primary amides is 1. The summed E-state index contributed by atoms with van der Waals surface area (Å²) in [6, 6.07) is 7.30. The molecular formula is C18H16FN7O3. The molecule has 3 aromatic rings. The number of H-pyrrole nitrogens is 1. The Morgan fingerprint density at radius 3 is 2.69 bits per heavy atom. The van der Waals surface area contributed by atoms with Gasteiger partial charge in [0, 0.05) is 11.6 Å². The molecular weight excluding hydrogens is 381 g/mol. The summed E-state index contributed by atoms with van der Waals surface area (Å²) < 4.78 is 15.1. The zero-order valence-electron chi connectivity index (χ0n) is 15.2. The predicted molar refractivity (Wildman–Crippen MR) is 101 cm³/mol. The van der Waals surface area contributed by atoms with Gasteiger partial charge in [0.05, 0.1) is 12.1 Å². The molecule has 0 fully saturated rings. The van der Waals surface area contributed by atoms with E-state index in [2.05, 4.69) is 20.4 Å². The van der Waals surface area contributed by atoms with Gasteiger partial charge in [-0.25, -0.2) is 19.0 Å². The van der Waals surface area contributed by atoms with Crippen molar-refractivity contribution < 1.29 is 14.0 Å². The van der Waals surface area contributed by atoms with Crippen LogP contribution in [0.5, 0.6) is 0 Å². The zero-order chi connectivity index (χ0) is 20.9. The van der Waals surface area contributed by atoms with E-state index in [1.54, 1.807) is 18.2 Å². The molecule has 3 heterocycles. The topological polar surface area (TPSA) is 162 Å². The molecule has 11 heteroatoms. The normalized spacial score (nSPS) is 17.8. The number of nitrogen functional groups attached to an aromatic ring is 1. The van der Waals surface area contributed by atoms with E-state index in [0.29, 0.717) is 5.56 Å². The van der Waals surface area contributed by atoms with Gasteiger partial charge in [0.15, 0.2) is 11.2 Å². The summed E-state index contributed by atoms with van der Waals surface area (Å²) in [5.41, 5.74) is 9.84. The second-order valence-corrected chi connectivity index (χ2v) is 6.79. The first-order valence-corrected chi connectivity index (χ1v) is 8.54. The fraction of sp³-hybridized carbons (Fsp3) is 0.167. The van der Waals surface area contributed by atoms with Crippen LogP contribution < -0.4 is 22.3 Å². The van der Waals surface area contributed by atoms with Crippen LogP contribution in [0.25, 0.3) is 11.5 Å². The van der Waals surface area contributed by atoms with E-state index < -0.39 is 28.6 Å². The van der Waals surface area contributed by atoms with Gasteiger partial charge >= 0.3 is 0 Å². The van der Waals surface area contributed by atoms with Gasteiger partial charge in [0.1, 0.15) is 23.1 Å². The molecule has 10 nitrogen and oxygen atoms in total. The minimum atomic E-state index is -1.69. The third-order valence-electron chi connectivity index (χ3n) is 4.93. The van der Waals surface area contributed by atoms with Crippen molar-refractivity contribution in [3.05, 3.63) is 57.6 Å². The van der Waals surface area contributed by atoms with E-state index in [1.807, 2.05) is 0 Å². The van der Waals surface area contributed by atoms with E-state index in [0.717, 1.165) is 0 Å². The maximum absolute atomic E-state index is 13.9. The lowest BCUT2D eigenvalue weighted by Crippen LogP contribution is -2.44. The molecule has 0 saturated carbocycles. The molecule has 2 aromatic heterocycles. The number of rotatable bonds is 4. The number of fused-ring (bicyclic) bond motifs is 1. The number of nitrogens with one attached hydrogen (secondary N) is 2. The minimum Gasteiger partial charge on any atom is -0.383 e. The molecule has 6 N–H and O–H groups in total. The first kappa shape index (κ1) is 18.3. The Morgan fingerprint density at radius 1 is 1.28 bits per heavy atom. The van der Waals surface area contributed by atoms with E-state index in [-0.39, 0.29) is 35.3 Å². The van der Waals surface area contributed by atoms with Gasteiger partial charge in [0.2, 0.25) is 11.8 Å². The van der Waals surface area contributed by atoms with Crippen molar-refractivity contribution in [2.24, 2.45) is 5.73 Å². The van der Waals surface area contributed by atoms with Crippen molar-refractivity contribution in [3.8, 4) is 11.5 Å². The van der Waals surface area contributed by atoms with Crippen molar-refractivity contribution >= 4 is 23.5 Å². The van der Waals surface area contributed by atoms with Crippen LogP contribution in [0.1, 0.15) is 18.1 Å². The highest BCUT2D eigenvalue weighted by Crippen LogP contribution is 2.40. The van der Waals surface area contributed by atoms with Crippen molar-refractivity contribution in [3.63, 3.8) is 0 Å². The average molecular weight is 397 g/mol. The number of amides is 2. The Hall–Kier alpha value is -4.02. The first-order chi connectivity index (χ1) is 13.7. The van der Waals surface area contributed by atoms with Crippen molar-refractivity contribution in [2.45, 2.75) is 18.9 Å². The zero-order valence-corrected chi connectivity index (χ0v) is 15.2. The molecule has 1 atom stereocenters. The SMILES string of the molecule is C[C@]1(C(N)=O)C(=O)Nc2nc(-c3cc(=O)n(Cc4ccccc4F)[nH]3)nc(N)c21. The highest BCUT2D eigenvalue weighted by Gasteiger charge is 2.51. The van der Waals surface area contributed by atoms with Gasteiger partial charge in [-0.3, -0.25) is 19.5 Å². The molecule has 1 aromatic carbocycles. The summed E-state index contributed by atoms with van der Waals surface area (Å²) in [5, 5.41) is 5.27. The Morgan fingerprint density at radius 2 is 2.00 bits per heavy atom. The molecule has 148 valence electrons. The molecule has 0 unspecified atom stereocenters. The number of aromatic nitrogens is 4. The summed E-state index contributed by atoms with van der Waals surface area (Å²) in [4.78, 5) is 44.7. The number of benzene rings is 1. The standard InChI is InChI=1S/C18H16FN7O3/c1-18(16(21)28)12-13(20)22-14(23-15(12)24-17(18)29)10-6-11(27)26(25-10)7-8-4-2-3-5-9(8)19/h2-6,25H,7H2,1H3,(H2,21,28)(H3,20,22,23,24,29)/t18-/m0/s1. The summed E-state index contributed by atoms with van der Waals surface area (Å²) in [6.07, 6.45) is 0. The number of carbonyl (C=O) groups excluding carboxylic acids is 2. The minimum absolute atomic E-state index is 0.0254. The van der Waals surface area contributed by atoms with Gasteiger partial charge in [-0.15, -0.1) is 0 Å². The van der Waals surface area contributed by atoms with Gasteiger partial charge in [-0.1, -0.05) is 18.2 Å². The molecule has 0 radical (unpaired) electrons. The highest BCUT2D eigenvalue weighted by molar-refractivity contribution is 6.20. The second-order valence-electron chi connectivity index (χ2n) is 6.79. The van der Waals surface area contributed by atoms with Gasteiger partial charge < -0.3 is 16.8 Å². The molecule has 1 aliphatic rings. The largest absolute Gasteiger partial charge is 0.383 e. The van der Waals surface area contributed by atoms with Crippen LogP contribution in [0.2, 0.25) is 0 Å². The summed E-state index contributed by atoms with van der Waals surface area (Å²) in [6.45, 7) is 1.31. The van der Waals surface area contributed by atoms with Crippen LogP contribution in [0.15, 0.2) is 35.1 Å². The van der Waals surface area contributed by atoms with Crippen molar-refractivity contribution in [1.82, 2.24) is 19.7 Å². The maximum atomic E-state index is 13.9. The second kappa shape index (κ2) is 6.26. The molecule has 0 saturated heterocycles. The van der Waals surface area contributed by atoms with Crippen LogP contribution in [0.3, 0.4) is 0 Å². The molecule has 0 aliphatic carbocycles. The van der Waals surface area contributed by atoms with E-state index in [4.69, 9.17) is 11.5 Å². The smallest absolute Gasteiger partial charge is 0.267 e. The Labute approximate surface area is 162 Å². The number of nitrogens with two attached hydrogens (primary N) is 2. The number of carbonyl (C=O) groups is 2. The quantitative estimate of drug-likeness (QED) is 0.456. The number of aromatic amines is 1. The number of hydrogen-bond donors (Lipinski definition) is 4. The number of halogens is 1. The van der Waals surface area contributed by atoms with Crippen LogP contribution >= 0.6 is 0 Å². The third kappa shape index (κ3) is 2.74. The molecule has 0 spiro atoms. The molecule has 0 bridgehead atoms. The van der Waals surface area contributed by atoms with Crippen LogP contribution in [-0.2, 0) is 21.5 Å². The van der Waals surface area contributed by atoms with Gasteiger partial charge in [0.25, 0.3) is 5.56 Å². The van der Waals surface area contributed by atoms with Gasteiger partial charge in [-0.05, 0) is 13.0 Å². The number of nitrogens with zero attached hydrogens (tertiary/aromatic N) is 3. The fourth-order valence-corrected chi connectivity index (χ4v) is 3.23. The van der Waals surface area contributed by atoms with Crippen LogP contribution in [-0.4, -0.2) is 31.6 Å². The maximum Gasteiger partial charge on any atom is 0.267 e. The first-order valence-electron chi connectivity index (χ1n) is 8.54. The third-order valence-corrected chi connectivity index (χ3v) is 4.93. The lowest BCUT2D eigenvalue weighted by Gasteiger charge is -2.18. The molecule has 2 amide bonds. The highest BCUT2D eigenvalue weighted by atomic mass is 19.1.